The molecule has 1 aliphatic carbocycles. The van der Waals surface area contributed by atoms with E-state index < -0.39 is 0 Å². The van der Waals surface area contributed by atoms with Crippen LogP contribution in [0.5, 0.6) is 0 Å². The molecule has 0 aromatic rings. The smallest absolute Gasteiger partial charge is 0.0481 e. The van der Waals surface area contributed by atoms with Gasteiger partial charge in [-0.3, -0.25) is 0 Å². The summed E-state index contributed by atoms with van der Waals surface area (Å²) in [5, 5.41) is 11.4. The molecule has 17 heavy (non-hydrogen) atoms. The molecule has 2 aliphatic heterocycles. The molecule has 96 valence electrons. The Morgan fingerprint density at radius 2 is 2.06 bits per heavy atom. The van der Waals surface area contributed by atoms with Crippen molar-refractivity contribution in [2.24, 2.45) is 11.3 Å². The fourth-order valence-corrected chi connectivity index (χ4v) is 4.90. The molecule has 3 aliphatic rings. The largest absolute Gasteiger partial charge is 0.381 e. The molecule has 0 radical (unpaired) electrons. The van der Waals surface area contributed by atoms with Crippen LogP contribution in [0.1, 0.15) is 32.1 Å². The minimum atomic E-state index is 0.277. The van der Waals surface area contributed by atoms with Crippen LogP contribution < -0.4 is 5.32 Å². The first-order valence-electron chi connectivity index (χ1n) is 6.75. The van der Waals surface area contributed by atoms with E-state index in [-0.39, 0.29) is 6.04 Å². The van der Waals surface area contributed by atoms with E-state index in [0.29, 0.717) is 16.3 Å². The monoisotopic (exact) mass is 300 g/mol. The van der Waals surface area contributed by atoms with Crippen LogP contribution in [0.15, 0.2) is 0 Å². The van der Waals surface area contributed by atoms with Gasteiger partial charge < -0.3 is 15.5 Å². The molecule has 3 fully saturated rings. The predicted octanol–water partition coefficient (Wildman–Crippen LogP) is 2.34. The van der Waals surface area contributed by atoms with Crippen molar-refractivity contribution in [1.82, 2.24) is 5.32 Å². The third-order valence-corrected chi connectivity index (χ3v) is 5.96. The Balaban J connectivity index is 1.88. The molecule has 3 nitrogen and oxygen atoms in total. The van der Waals surface area contributed by atoms with Crippen LogP contribution >= 0.6 is 15.9 Å². The van der Waals surface area contributed by atoms with Gasteiger partial charge >= 0.3 is 0 Å². The SMILES string of the molecule is N=CC1NC2CCC(Br)CC2C12CCOCC2. The lowest BCUT2D eigenvalue weighted by Gasteiger charge is -2.44. The average Bonchev–Trinajstić information content (AvgIpc) is 2.65. The summed E-state index contributed by atoms with van der Waals surface area (Å²) in [7, 11) is 0. The highest BCUT2D eigenvalue weighted by molar-refractivity contribution is 9.09. The molecule has 0 bridgehead atoms. The summed E-state index contributed by atoms with van der Waals surface area (Å²) in [5.41, 5.74) is 0.303. The summed E-state index contributed by atoms with van der Waals surface area (Å²) < 4.78 is 5.54. The van der Waals surface area contributed by atoms with Gasteiger partial charge in [0.2, 0.25) is 0 Å². The first kappa shape index (κ1) is 12.1. The van der Waals surface area contributed by atoms with Crippen LogP contribution in [-0.4, -0.2) is 36.3 Å². The van der Waals surface area contributed by atoms with Gasteiger partial charge in [0.05, 0.1) is 0 Å². The Morgan fingerprint density at radius 1 is 1.29 bits per heavy atom. The second kappa shape index (κ2) is 4.63. The Morgan fingerprint density at radius 3 is 2.76 bits per heavy atom. The molecule has 2 heterocycles. The molecule has 0 amide bonds. The van der Waals surface area contributed by atoms with E-state index in [2.05, 4.69) is 21.2 Å². The van der Waals surface area contributed by atoms with Crippen molar-refractivity contribution >= 4 is 22.1 Å². The number of rotatable bonds is 1. The van der Waals surface area contributed by atoms with Gasteiger partial charge in [-0.15, -0.1) is 0 Å². The maximum atomic E-state index is 7.72. The van der Waals surface area contributed by atoms with Gasteiger partial charge in [0.1, 0.15) is 0 Å². The van der Waals surface area contributed by atoms with E-state index in [1.807, 2.05) is 0 Å². The van der Waals surface area contributed by atoms with E-state index in [1.54, 1.807) is 6.21 Å². The summed E-state index contributed by atoms with van der Waals surface area (Å²) in [6.07, 6.45) is 7.69. The summed E-state index contributed by atoms with van der Waals surface area (Å²) in [4.78, 5) is 0.676. The number of fused-ring (bicyclic) bond motifs is 2. The number of alkyl halides is 1. The number of nitrogens with one attached hydrogen (secondary N) is 2. The van der Waals surface area contributed by atoms with Crippen LogP contribution in [0, 0.1) is 16.7 Å². The third-order valence-electron chi connectivity index (χ3n) is 5.13. The minimum absolute atomic E-state index is 0.277. The molecular formula is C13H21BrN2O. The van der Waals surface area contributed by atoms with Crippen LogP contribution in [0.4, 0.5) is 0 Å². The Kier molecular flexibility index (Phi) is 3.30. The zero-order valence-corrected chi connectivity index (χ0v) is 11.7. The van der Waals surface area contributed by atoms with Crippen LogP contribution in [-0.2, 0) is 4.74 Å². The second-order valence-corrected chi connectivity index (χ2v) is 7.07. The lowest BCUT2D eigenvalue weighted by molar-refractivity contribution is -0.0125. The Hall–Kier alpha value is 0.0700. The highest BCUT2D eigenvalue weighted by atomic mass is 79.9. The lowest BCUT2D eigenvalue weighted by Crippen LogP contribution is -2.45. The Bertz CT molecular complexity index is 304. The molecule has 1 spiro atoms. The van der Waals surface area contributed by atoms with E-state index in [0.717, 1.165) is 32.0 Å². The van der Waals surface area contributed by atoms with Gasteiger partial charge in [0, 0.05) is 36.3 Å². The molecular weight excluding hydrogens is 280 g/mol. The first-order valence-corrected chi connectivity index (χ1v) is 7.66. The minimum Gasteiger partial charge on any atom is -0.381 e. The summed E-state index contributed by atoms with van der Waals surface area (Å²) in [5.74, 6) is 0.733. The van der Waals surface area contributed by atoms with Gasteiger partial charge in [-0.25, -0.2) is 0 Å². The fourth-order valence-electron chi connectivity index (χ4n) is 4.23. The van der Waals surface area contributed by atoms with Gasteiger partial charge in [-0.05, 0) is 43.4 Å². The average molecular weight is 301 g/mol. The summed E-state index contributed by atoms with van der Waals surface area (Å²) in [6, 6.07) is 0.910. The van der Waals surface area contributed by atoms with Crippen LogP contribution in [0.3, 0.4) is 0 Å². The van der Waals surface area contributed by atoms with Gasteiger partial charge in [-0.1, -0.05) is 15.9 Å². The second-order valence-electron chi connectivity index (χ2n) is 5.78. The zero-order valence-electron chi connectivity index (χ0n) is 10.1. The lowest BCUT2D eigenvalue weighted by atomic mass is 9.63. The number of hydrogen-bond donors (Lipinski definition) is 2. The highest BCUT2D eigenvalue weighted by Crippen LogP contribution is 2.52. The van der Waals surface area contributed by atoms with E-state index in [4.69, 9.17) is 10.1 Å². The van der Waals surface area contributed by atoms with Crippen molar-refractivity contribution in [3.63, 3.8) is 0 Å². The van der Waals surface area contributed by atoms with Gasteiger partial charge in [0.15, 0.2) is 0 Å². The first-order chi connectivity index (χ1) is 8.26. The number of halogens is 1. The van der Waals surface area contributed by atoms with Gasteiger partial charge in [0.25, 0.3) is 0 Å². The molecule has 4 unspecified atom stereocenters. The fraction of sp³-hybridized carbons (Fsp3) is 0.923. The molecule has 2 saturated heterocycles. The highest BCUT2D eigenvalue weighted by Gasteiger charge is 2.55. The van der Waals surface area contributed by atoms with Crippen molar-refractivity contribution in [3.8, 4) is 0 Å². The molecule has 2 N–H and O–H groups in total. The van der Waals surface area contributed by atoms with E-state index >= 15 is 0 Å². The van der Waals surface area contributed by atoms with Crippen LogP contribution in [0.25, 0.3) is 0 Å². The maximum absolute atomic E-state index is 7.72. The third kappa shape index (κ3) is 1.89. The van der Waals surface area contributed by atoms with E-state index in [1.165, 1.54) is 19.3 Å². The molecule has 0 aromatic heterocycles. The quantitative estimate of drug-likeness (QED) is 0.577. The summed E-state index contributed by atoms with van der Waals surface area (Å²) in [6.45, 7) is 1.75. The summed E-state index contributed by atoms with van der Waals surface area (Å²) >= 11 is 3.80. The number of ether oxygens (including phenoxy) is 1. The molecule has 3 rings (SSSR count). The van der Waals surface area contributed by atoms with Crippen molar-refractivity contribution < 1.29 is 4.74 Å². The zero-order chi connectivity index (χ0) is 11.9. The number of hydrogen-bond acceptors (Lipinski definition) is 3. The van der Waals surface area contributed by atoms with E-state index in [9.17, 15) is 0 Å². The van der Waals surface area contributed by atoms with Gasteiger partial charge in [-0.2, -0.15) is 0 Å². The van der Waals surface area contributed by atoms with Crippen molar-refractivity contribution in [2.75, 3.05) is 13.2 Å². The molecule has 4 atom stereocenters. The molecule has 1 saturated carbocycles. The maximum Gasteiger partial charge on any atom is 0.0481 e. The van der Waals surface area contributed by atoms with Crippen molar-refractivity contribution in [1.29, 1.82) is 5.41 Å². The van der Waals surface area contributed by atoms with Crippen LogP contribution in [0.2, 0.25) is 0 Å². The molecule has 0 aromatic carbocycles. The molecule has 4 heteroatoms. The normalized spacial score (nSPS) is 44.5. The predicted molar refractivity (Wildman–Crippen MR) is 72.0 cm³/mol. The van der Waals surface area contributed by atoms with Crippen molar-refractivity contribution in [3.05, 3.63) is 0 Å². The standard InChI is InChI=1S/C13H21BrN2O/c14-9-1-2-11-10(7-9)13(12(8-15)16-11)3-5-17-6-4-13/h8-12,15-16H,1-7H2. The topological polar surface area (TPSA) is 45.1 Å². The van der Waals surface area contributed by atoms with Crippen molar-refractivity contribution in [2.45, 2.75) is 49.0 Å². The Labute approximate surface area is 111 Å².